The lowest BCUT2D eigenvalue weighted by Crippen LogP contribution is -2.23. The van der Waals surface area contributed by atoms with Crippen LogP contribution in [0.4, 0.5) is 20.3 Å². The molecular weight excluding hydrogens is 442 g/mol. The minimum absolute atomic E-state index is 0.0208. The van der Waals surface area contributed by atoms with Gasteiger partial charge in [0.05, 0.1) is 11.7 Å². The van der Waals surface area contributed by atoms with Gasteiger partial charge < -0.3 is 20.1 Å². The normalized spacial score (nSPS) is 15.6. The van der Waals surface area contributed by atoms with Crippen LogP contribution in [0.1, 0.15) is 29.3 Å². The zero-order valence-corrected chi connectivity index (χ0v) is 18.3. The van der Waals surface area contributed by atoms with Gasteiger partial charge in [0.2, 0.25) is 0 Å². The Morgan fingerprint density at radius 3 is 2.68 bits per heavy atom. The van der Waals surface area contributed by atoms with Crippen LogP contribution in [0.25, 0.3) is 11.1 Å². The molecule has 0 radical (unpaired) electrons. The predicted octanol–water partition coefficient (Wildman–Crippen LogP) is 3.94. The number of anilines is 2. The fourth-order valence-electron chi connectivity index (χ4n) is 3.66. The van der Waals surface area contributed by atoms with Gasteiger partial charge in [-0.3, -0.25) is 9.78 Å². The average Bonchev–Trinajstić information content (AvgIpc) is 3.25. The Morgan fingerprint density at radius 1 is 1.26 bits per heavy atom. The molecule has 0 aliphatic carbocycles. The molecule has 1 atom stereocenters. The van der Waals surface area contributed by atoms with Gasteiger partial charge >= 0.3 is 6.11 Å². The number of nitrogens with zero attached hydrogens (tertiary/aromatic N) is 3. The molecule has 7 nitrogen and oxygen atoms in total. The number of carbonyl (C=O) groups excluding carboxylic acids is 1. The first kappa shape index (κ1) is 23.1. The van der Waals surface area contributed by atoms with Crippen LogP contribution in [-0.2, 0) is 0 Å². The Balaban J connectivity index is 1.62. The van der Waals surface area contributed by atoms with E-state index in [0.717, 1.165) is 0 Å². The summed E-state index contributed by atoms with van der Waals surface area (Å²) in [5.74, 6) is 2.71. The number of aromatic nitrogens is 2. The Kier molecular flexibility index (Phi) is 6.43. The zero-order valence-electron chi connectivity index (χ0n) is 18.3. The molecule has 34 heavy (non-hydrogen) atoms. The van der Waals surface area contributed by atoms with Crippen LogP contribution >= 0.6 is 0 Å². The predicted molar refractivity (Wildman–Crippen MR) is 124 cm³/mol. The van der Waals surface area contributed by atoms with Gasteiger partial charge in [0, 0.05) is 61.0 Å². The molecule has 2 N–H and O–H groups in total. The third-order valence-electron chi connectivity index (χ3n) is 5.22. The Bertz CT molecular complexity index is 1240. The molecule has 0 saturated carbocycles. The summed E-state index contributed by atoms with van der Waals surface area (Å²) in [6.07, 6.45) is 7.04. The highest BCUT2D eigenvalue weighted by Gasteiger charge is 2.25. The van der Waals surface area contributed by atoms with Crippen LogP contribution in [0, 0.1) is 12.3 Å². The first-order valence-corrected chi connectivity index (χ1v) is 10.6. The van der Waals surface area contributed by atoms with E-state index in [9.17, 15) is 18.7 Å². The highest BCUT2D eigenvalue weighted by molar-refractivity contribution is 6.05. The van der Waals surface area contributed by atoms with Crippen LogP contribution in [-0.4, -0.2) is 46.3 Å². The molecule has 3 aromatic rings. The number of amides is 1. The van der Waals surface area contributed by atoms with E-state index >= 15 is 0 Å². The van der Waals surface area contributed by atoms with Crippen molar-refractivity contribution in [2.24, 2.45) is 0 Å². The molecule has 1 aliphatic rings. The van der Waals surface area contributed by atoms with Crippen LogP contribution in [0.3, 0.4) is 0 Å². The molecular formula is C25H22F2N4O3. The van der Waals surface area contributed by atoms with Crippen molar-refractivity contribution in [1.29, 1.82) is 0 Å². The van der Waals surface area contributed by atoms with Crippen LogP contribution < -0.4 is 15.0 Å². The second-order valence-electron chi connectivity index (χ2n) is 7.98. The molecule has 9 heteroatoms. The number of pyridine rings is 2. The highest BCUT2D eigenvalue weighted by Crippen LogP contribution is 2.32. The van der Waals surface area contributed by atoms with E-state index in [1.807, 2.05) is 4.90 Å². The average molecular weight is 464 g/mol. The summed E-state index contributed by atoms with van der Waals surface area (Å²) in [5.41, 5.74) is 2.61. The quantitative estimate of drug-likeness (QED) is 0.538. The third-order valence-corrected chi connectivity index (χ3v) is 5.22. The van der Waals surface area contributed by atoms with Crippen molar-refractivity contribution in [1.82, 2.24) is 9.97 Å². The molecule has 1 saturated heterocycles. The van der Waals surface area contributed by atoms with Crippen molar-refractivity contribution in [3.05, 3.63) is 66.1 Å². The van der Waals surface area contributed by atoms with Crippen molar-refractivity contribution in [2.75, 3.05) is 23.3 Å². The monoisotopic (exact) mass is 464 g/mol. The summed E-state index contributed by atoms with van der Waals surface area (Å²) in [5, 5.41) is 12.7. The molecule has 174 valence electrons. The smallest absolute Gasteiger partial charge is 0.394 e. The zero-order chi connectivity index (χ0) is 24.3. The lowest BCUT2D eigenvalue weighted by Gasteiger charge is -2.21. The minimum atomic E-state index is -3.30. The van der Waals surface area contributed by atoms with Crippen molar-refractivity contribution in [2.45, 2.75) is 25.6 Å². The van der Waals surface area contributed by atoms with E-state index in [1.54, 1.807) is 24.5 Å². The summed E-state index contributed by atoms with van der Waals surface area (Å²) in [6, 6.07) is 9.09. The lowest BCUT2D eigenvalue weighted by molar-refractivity contribution is -0.158. The third kappa shape index (κ3) is 5.47. The van der Waals surface area contributed by atoms with E-state index < -0.39 is 18.1 Å². The molecule has 0 bridgehead atoms. The first-order chi connectivity index (χ1) is 16.2. The number of alkyl halides is 2. The molecule has 1 fully saturated rings. The Labute approximate surface area is 195 Å². The number of ether oxygens (including phenoxy) is 1. The van der Waals surface area contributed by atoms with Crippen molar-refractivity contribution in [3.8, 4) is 29.2 Å². The number of β-amino-alcohol motifs (C(OH)–C–C–N with tert-alkyl or cyclic N) is 1. The maximum Gasteiger partial charge on any atom is 0.394 e. The maximum atomic E-state index is 13.0. The van der Waals surface area contributed by atoms with Gasteiger partial charge in [-0.15, -0.1) is 6.42 Å². The summed E-state index contributed by atoms with van der Waals surface area (Å²) in [7, 11) is 0. The molecule has 2 aromatic heterocycles. The number of hydrogen-bond acceptors (Lipinski definition) is 6. The molecule has 3 heterocycles. The number of rotatable bonds is 6. The topological polar surface area (TPSA) is 87.6 Å². The highest BCUT2D eigenvalue weighted by atomic mass is 19.3. The first-order valence-electron chi connectivity index (χ1n) is 10.6. The van der Waals surface area contributed by atoms with E-state index in [-0.39, 0.29) is 11.3 Å². The number of nitrogens with one attached hydrogen (secondary N) is 1. The van der Waals surface area contributed by atoms with Crippen LogP contribution in [0.2, 0.25) is 0 Å². The molecule has 4 rings (SSSR count). The fraction of sp³-hybridized carbons (Fsp3) is 0.240. The number of terminal acetylenes is 1. The maximum absolute atomic E-state index is 13.0. The molecule has 1 aromatic carbocycles. The Morgan fingerprint density at radius 2 is 2.03 bits per heavy atom. The number of carbonyl (C=O) groups is 1. The van der Waals surface area contributed by atoms with Gasteiger partial charge in [0.15, 0.2) is 0 Å². The van der Waals surface area contributed by atoms with E-state index in [1.165, 1.54) is 30.5 Å². The number of aliphatic hydroxyl groups excluding tert-OH is 1. The van der Waals surface area contributed by atoms with E-state index in [2.05, 4.69) is 25.9 Å². The van der Waals surface area contributed by atoms with Gasteiger partial charge in [-0.2, -0.15) is 8.78 Å². The molecule has 0 spiro atoms. The number of hydrogen-bond donors (Lipinski definition) is 2. The molecule has 1 amide bonds. The van der Waals surface area contributed by atoms with Gasteiger partial charge in [-0.05, 0) is 42.8 Å². The number of halogens is 2. The summed E-state index contributed by atoms with van der Waals surface area (Å²) < 4.78 is 30.5. The molecule has 1 aliphatic heterocycles. The van der Waals surface area contributed by atoms with E-state index in [0.29, 0.717) is 54.6 Å². The molecule has 0 unspecified atom stereocenters. The largest absolute Gasteiger partial charge is 0.433 e. The van der Waals surface area contributed by atoms with Gasteiger partial charge in [-0.25, -0.2) is 4.98 Å². The van der Waals surface area contributed by atoms with Crippen molar-refractivity contribution < 1.29 is 23.4 Å². The fourth-order valence-corrected chi connectivity index (χ4v) is 3.66. The Hall–Kier alpha value is -4.03. The summed E-state index contributed by atoms with van der Waals surface area (Å²) in [4.78, 5) is 23.6. The van der Waals surface area contributed by atoms with Crippen molar-refractivity contribution in [3.63, 3.8) is 0 Å². The number of aliphatic hydroxyl groups is 1. The summed E-state index contributed by atoms with van der Waals surface area (Å²) in [6.45, 7) is 1.70. The van der Waals surface area contributed by atoms with Crippen LogP contribution in [0.5, 0.6) is 5.75 Å². The second-order valence-corrected chi connectivity index (χ2v) is 7.98. The number of benzene rings is 1. The second kappa shape index (κ2) is 9.45. The summed E-state index contributed by atoms with van der Waals surface area (Å²) >= 11 is 0. The van der Waals surface area contributed by atoms with E-state index in [4.69, 9.17) is 6.42 Å². The van der Waals surface area contributed by atoms with Crippen molar-refractivity contribution >= 4 is 17.4 Å². The minimum Gasteiger partial charge on any atom is -0.433 e. The van der Waals surface area contributed by atoms with Crippen LogP contribution in [0.15, 0.2) is 55.0 Å². The van der Waals surface area contributed by atoms with Gasteiger partial charge in [0.1, 0.15) is 11.6 Å². The SMILES string of the molecule is C#Cc1cncc(-c2cc(C(=O)Nc3ccc(OC(C)(F)F)cc3)cnc2N2CC[C@@H](O)C2)c1. The standard InChI is InChI=1S/C25H22F2N4O3/c1-3-16-10-17(13-28-12-16)22-11-18(14-29-23(22)31-9-8-20(32)15-31)24(33)30-19-4-6-21(7-5-19)34-25(2,26)27/h1,4-7,10-14,20,32H,8-9,15H2,2H3,(H,30,33)/t20-/m1/s1. The van der Waals surface area contributed by atoms with Gasteiger partial charge in [0.25, 0.3) is 5.91 Å². The lowest BCUT2D eigenvalue weighted by atomic mass is 10.0. The van der Waals surface area contributed by atoms with Gasteiger partial charge in [-0.1, -0.05) is 5.92 Å².